The van der Waals surface area contributed by atoms with Crippen molar-refractivity contribution in [3.8, 4) is 6.08 Å². The second-order valence-electron chi connectivity index (χ2n) is 4.14. The third-order valence-electron chi connectivity index (χ3n) is 1.60. The number of hydrogen-bond acceptors (Lipinski definition) is 4. The van der Waals surface area contributed by atoms with Crippen LogP contribution >= 0.6 is 0 Å². The highest BCUT2D eigenvalue weighted by molar-refractivity contribution is 5.00. The van der Waals surface area contributed by atoms with Crippen molar-refractivity contribution in [1.82, 2.24) is 10.3 Å². The molecular formula is C10H18N2O2. The van der Waals surface area contributed by atoms with Crippen molar-refractivity contribution in [3.63, 3.8) is 0 Å². The van der Waals surface area contributed by atoms with Gasteiger partial charge in [0.1, 0.15) is 6.26 Å². The normalized spacial score (nSPS) is 11.7. The molecule has 4 heteroatoms. The molecule has 4 nitrogen and oxygen atoms in total. The fourth-order valence-corrected chi connectivity index (χ4v) is 0.915. The van der Waals surface area contributed by atoms with Crippen LogP contribution in [0.4, 0.5) is 0 Å². The van der Waals surface area contributed by atoms with E-state index in [2.05, 4.69) is 31.1 Å². The molecule has 0 aliphatic heterocycles. The second-order valence-corrected chi connectivity index (χ2v) is 4.14. The molecule has 80 valence electrons. The monoisotopic (exact) mass is 198 g/mol. The van der Waals surface area contributed by atoms with Crippen molar-refractivity contribution >= 4 is 0 Å². The summed E-state index contributed by atoms with van der Waals surface area (Å²) >= 11 is 0. The van der Waals surface area contributed by atoms with Gasteiger partial charge >= 0.3 is 6.08 Å². The largest absolute Gasteiger partial charge is 0.450 e. The van der Waals surface area contributed by atoms with Crippen LogP contribution in [0, 0.1) is 0 Å². The maximum Gasteiger partial charge on any atom is 0.393 e. The van der Waals surface area contributed by atoms with Crippen LogP contribution in [-0.2, 0) is 6.54 Å². The molecule has 1 aromatic heterocycles. The molecule has 0 saturated carbocycles. The summed E-state index contributed by atoms with van der Waals surface area (Å²) in [6.45, 7) is 9.49. The summed E-state index contributed by atoms with van der Waals surface area (Å²) in [5, 5.41) is 3.32. The molecule has 0 fully saturated rings. The molecule has 0 spiro atoms. The van der Waals surface area contributed by atoms with E-state index in [1.807, 2.05) is 6.92 Å². The minimum Gasteiger partial charge on any atom is -0.450 e. The standard InChI is InChI=1S/C10H18N2O2/c1-5-13-9-12-8(7-14-9)6-11-10(2,3)4/h7,11H,5-6H2,1-4H3. The summed E-state index contributed by atoms with van der Waals surface area (Å²) in [7, 11) is 0. The topological polar surface area (TPSA) is 47.3 Å². The number of nitrogens with one attached hydrogen (secondary N) is 1. The first-order valence-electron chi connectivity index (χ1n) is 4.83. The van der Waals surface area contributed by atoms with Gasteiger partial charge in [-0.15, -0.1) is 0 Å². The van der Waals surface area contributed by atoms with E-state index < -0.39 is 0 Å². The average Bonchev–Trinajstić information content (AvgIpc) is 2.49. The predicted octanol–water partition coefficient (Wildman–Crippen LogP) is 1.96. The third kappa shape index (κ3) is 3.79. The highest BCUT2D eigenvalue weighted by Gasteiger charge is 2.10. The van der Waals surface area contributed by atoms with Gasteiger partial charge in [0, 0.05) is 12.1 Å². The Bertz CT molecular complexity index is 276. The third-order valence-corrected chi connectivity index (χ3v) is 1.60. The zero-order valence-electron chi connectivity index (χ0n) is 9.26. The van der Waals surface area contributed by atoms with Crippen molar-refractivity contribution in [2.75, 3.05) is 6.61 Å². The van der Waals surface area contributed by atoms with Crippen LogP contribution in [0.15, 0.2) is 10.7 Å². The number of aromatic nitrogens is 1. The van der Waals surface area contributed by atoms with Crippen LogP contribution in [0.25, 0.3) is 0 Å². The molecule has 0 radical (unpaired) electrons. The lowest BCUT2D eigenvalue weighted by atomic mass is 10.1. The van der Waals surface area contributed by atoms with E-state index in [1.54, 1.807) is 6.26 Å². The number of ether oxygens (including phenoxy) is 1. The summed E-state index contributed by atoms with van der Waals surface area (Å²) in [4.78, 5) is 4.15. The average molecular weight is 198 g/mol. The van der Waals surface area contributed by atoms with E-state index in [0.29, 0.717) is 19.2 Å². The van der Waals surface area contributed by atoms with Crippen molar-refractivity contribution in [2.24, 2.45) is 0 Å². The van der Waals surface area contributed by atoms with Gasteiger partial charge in [-0.25, -0.2) is 0 Å². The summed E-state index contributed by atoms with van der Waals surface area (Å²) in [5.74, 6) is 0. The molecular weight excluding hydrogens is 180 g/mol. The molecule has 1 rings (SSSR count). The van der Waals surface area contributed by atoms with Crippen LogP contribution in [0.3, 0.4) is 0 Å². The molecule has 0 atom stereocenters. The van der Waals surface area contributed by atoms with Crippen LogP contribution in [0.1, 0.15) is 33.4 Å². The Kier molecular flexibility index (Phi) is 3.52. The molecule has 0 amide bonds. The Morgan fingerprint density at radius 1 is 1.50 bits per heavy atom. The summed E-state index contributed by atoms with van der Waals surface area (Å²) in [6, 6.07) is 0. The molecule has 1 N–H and O–H groups in total. The zero-order valence-corrected chi connectivity index (χ0v) is 9.26. The van der Waals surface area contributed by atoms with E-state index >= 15 is 0 Å². The van der Waals surface area contributed by atoms with Crippen LogP contribution in [0.2, 0.25) is 0 Å². The van der Waals surface area contributed by atoms with Crippen molar-refractivity contribution < 1.29 is 9.15 Å². The predicted molar refractivity (Wildman–Crippen MR) is 54.3 cm³/mol. The minimum atomic E-state index is 0.0880. The van der Waals surface area contributed by atoms with Crippen molar-refractivity contribution in [3.05, 3.63) is 12.0 Å². The molecule has 0 aromatic carbocycles. The number of oxazole rings is 1. The lowest BCUT2D eigenvalue weighted by Crippen LogP contribution is -2.35. The van der Waals surface area contributed by atoms with E-state index in [4.69, 9.17) is 9.15 Å². The van der Waals surface area contributed by atoms with Gasteiger partial charge in [0.2, 0.25) is 0 Å². The maximum absolute atomic E-state index is 5.11. The molecule has 14 heavy (non-hydrogen) atoms. The second kappa shape index (κ2) is 4.46. The highest BCUT2D eigenvalue weighted by Crippen LogP contribution is 2.10. The molecule has 1 heterocycles. The molecule has 0 aliphatic carbocycles. The zero-order chi connectivity index (χ0) is 10.6. The van der Waals surface area contributed by atoms with Gasteiger partial charge in [0.15, 0.2) is 0 Å². The fourth-order valence-electron chi connectivity index (χ4n) is 0.915. The molecule has 0 saturated heterocycles. The van der Waals surface area contributed by atoms with Gasteiger partial charge in [0.05, 0.1) is 12.3 Å². The molecule has 0 unspecified atom stereocenters. The Morgan fingerprint density at radius 2 is 2.21 bits per heavy atom. The van der Waals surface area contributed by atoms with Crippen LogP contribution in [0.5, 0.6) is 6.08 Å². The van der Waals surface area contributed by atoms with Crippen LogP contribution in [-0.4, -0.2) is 17.1 Å². The first kappa shape index (κ1) is 11.0. The lowest BCUT2D eigenvalue weighted by Gasteiger charge is -2.19. The highest BCUT2D eigenvalue weighted by atomic mass is 16.6. The number of hydrogen-bond donors (Lipinski definition) is 1. The van der Waals surface area contributed by atoms with E-state index in [1.165, 1.54) is 0 Å². The Balaban J connectivity index is 2.44. The van der Waals surface area contributed by atoms with Gasteiger partial charge in [-0.3, -0.25) is 0 Å². The van der Waals surface area contributed by atoms with Gasteiger partial charge in [0.25, 0.3) is 0 Å². The Hall–Kier alpha value is -1.03. The van der Waals surface area contributed by atoms with Gasteiger partial charge in [-0.1, -0.05) is 0 Å². The van der Waals surface area contributed by atoms with E-state index in [0.717, 1.165) is 5.69 Å². The summed E-state index contributed by atoms with van der Waals surface area (Å²) in [6.07, 6.45) is 1.96. The molecule has 1 aromatic rings. The van der Waals surface area contributed by atoms with Gasteiger partial charge in [-0.2, -0.15) is 4.98 Å². The van der Waals surface area contributed by atoms with Crippen molar-refractivity contribution in [2.45, 2.75) is 39.8 Å². The number of nitrogens with zero attached hydrogens (tertiary/aromatic N) is 1. The van der Waals surface area contributed by atoms with E-state index in [-0.39, 0.29) is 5.54 Å². The summed E-state index contributed by atoms with van der Waals surface area (Å²) in [5.41, 5.74) is 0.952. The lowest BCUT2D eigenvalue weighted by molar-refractivity contribution is 0.244. The van der Waals surface area contributed by atoms with Gasteiger partial charge < -0.3 is 14.5 Å². The first-order valence-corrected chi connectivity index (χ1v) is 4.83. The molecule has 0 aliphatic rings. The van der Waals surface area contributed by atoms with Gasteiger partial charge in [-0.05, 0) is 27.7 Å². The number of rotatable bonds is 4. The van der Waals surface area contributed by atoms with Crippen molar-refractivity contribution in [1.29, 1.82) is 0 Å². The Labute approximate surface area is 84.7 Å². The fraction of sp³-hybridized carbons (Fsp3) is 0.700. The maximum atomic E-state index is 5.11. The van der Waals surface area contributed by atoms with Crippen LogP contribution < -0.4 is 10.1 Å². The van der Waals surface area contributed by atoms with E-state index in [9.17, 15) is 0 Å². The molecule has 0 bridgehead atoms. The SMILES string of the molecule is CCOc1nc(CNC(C)(C)C)co1. The summed E-state index contributed by atoms with van der Waals surface area (Å²) < 4.78 is 10.2. The smallest absolute Gasteiger partial charge is 0.393 e. The Morgan fingerprint density at radius 3 is 2.79 bits per heavy atom. The first-order chi connectivity index (χ1) is 6.51. The minimum absolute atomic E-state index is 0.0880. The quantitative estimate of drug-likeness (QED) is 0.803.